The fourth-order valence-electron chi connectivity index (χ4n) is 3.01. The summed E-state index contributed by atoms with van der Waals surface area (Å²) < 4.78 is 1.71. The average molecular weight is 326 g/mol. The van der Waals surface area contributed by atoms with Gasteiger partial charge in [-0.2, -0.15) is 10.5 Å². The van der Waals surface area contributed by atoms with E-state index in [-0.39, 0.29) is 12.1 Å². The Hall–Kier alpha value is -2.57. The summed E-state index contributed by atoms with van der Waals surface area (Å²) in [7, 11) is 1.76. The highest BCUT2D eigenvalue weighted by Gasteiger charge is 2.29. The number of hydrogen-bond donors (Lipinski definition) is 2. The molecule has 2 N–H and O–H groups in total. The lowest BCUT2D eigenvalue weighted by Gasteiger charge is -2.32. The van der Waals surface area contributed by atoms with Crippen LogP contribution in [0.2, 0.25) is 0 Å². The van der Waals surface area contributed by atoms with Crippen molar-refractivity contribution in [2.75, 3.05) is 6.54 Å². The van der Waals surface area contributed by atoms with Gasteiger partial charge in [0.1, 0.15) is 23.4 Å². The molecule has 6 nitrogen and oxygen atoms in total. The largest absolute Gasteiger partial charge is 0.388 e. The lowest BCUT2D eigenvalue weighted by atomic mass is 9.85. The molecule has 1 aliphatic rings. The van der Waals surface area contributed by atoms with Crippen molar-refractivity contribution < 1.29 is 9.90 Å². The molecule has 1 saturated carbocycles. The van der Waals surface area contributed by atoms with Crippen LogP contribution in [0.25, 0.3) is 6.08 Å². The van der Waals surface area contributed by atoms with Crippen LogP contribution in [0.5, 0.6) is 0 Å². The van der Waals surface area contributed by atoms with E-state index >= 15 is 0 Å². The summed E-state index contributed by atoms with van der Waals surface area (Å²) in [6, 6.07) is 5.61. The van der Waals surface area contributed by atoms with Crippen LogP contribution in [0.4, 0.5) is 0 Å². The Kier molecular flexibility index (Phi) is 5.43. The van der Waals surface area contributed by atoms with Crippen LogP contribution in [0.3, 0.4) is 0 Å². The topological polar surface area (TPSA) is 102 Å². The second-order valence-electron chi connectivity index (χ2n) is 6.38. The first-order valence-corrected chi connectivity index (χ1v) is 8.09. The molecule has 0 spiro atoms. The number of amides is 1. The van der Waals surface area contributed by atoms with Crippen molar-refractivity contribution in [1.29, 1.82) is 10.5 Å². The number of aliphatic hydroxyl groups is 1. The summed E-state index contributed by atoms with van der Waals surface area (Å²) in [5, 5.41) is 31.4. The smallest absolute Gasteiger partial charge is 0.262 e. The zero-order valence-electron chi connectivity index (χ0n) is 14.1. The van der Waals surface area contributed by atoms with E-state index in [1.807, 2.05) is 13.0 Å². The van der Waals surface area contributed by atoms with Gasteiger partial charge in [-0.15, -0.1) is 0 Å². The molecule has 0 aliphatic heterocycles. The van der Waals surface area contributed by atoms with Crippen molar-refractivity contribution in [3.8, 4) is 12.1 Å². The van der Waals surface area contributed by atoms with Crippen molar-refractivity contribution in [3.05, 3.63) is 28.6 Å². The Labute approximate surface area is 142 Å². The van der Waals surface area contributed by atoms with Crippen LogP contribution in [0.15, 0.2) is 11.6 Å². The minimum absolute atomic E-state index is 0.0346. The fraction of sp³-hybridized carbons (Fsp3) is 0.500. The normalized spacial score (nSPS) is 17.0. The number of hydrogen-bond acceptors (Lipinski definition) is 4. The van der Waals surface area contributed by atoms with Crippen LogP contribution in [-0.4, -0.2) is 27.7 Å². The molecule has 0 radical (unpaired) electrons. The van der Waals surface area contributed by atoms with Crippen LogP contribution in [0, 0.1) is 29.6 Å². The molecule has 24 heavy (non-hydrogen) atoms. The van der Waals surface area contributed by atoms with Crippen molar-refractivity contribution in [3.63, 3.8) is 0 Å². The first-order valence-electron chi connectivity index (χ1n) is 8.09. The maximum Gasteiger partial charge on any atom is 0.262 e. The molecule has 1 fully saturated rings. The lowest BCUT2D eigenvalue weighted by molar-refractivity contribution is -0.118. The summed E-state index contributed by atoms with van der Waals surface area (Å²) >= 11 is 0. The minimum Gasteiger partial charge on any atom is -0.388 e. The SMILES string of the molecule is Cc1c(C=C(C#N)C(=O)NCC2(O)CCCCC2)cc(C#N)n1C. The molecule has 0 unspecified atom stereocenters. The van der Waals surface area contributed by atoms with Gasteiger partial charge in [0.15, 0.2) is 0 Å². The molecular weight excluding hydrogens is 304 g/mol. The van der Waals surface area contributed by atoms with Gasteiger partial charge < -0.3 is 15.0 Å². The molecule has 2 rings (SSSR count). The predicted molar refractivity (Wildman–Crippen MR) is 89.5 cm³/mol. The quantitative estimate of drug-likeness (QED) is 0.652. The molecular formula is C18H22N4O2. The van der Waals surface area contributed by atoms with Crippen LogP contribution in [-0.2, 0) is 11.8 Å². The monoisotopic (exact) mass is 326 g/mol. The Morgan fingerprint density at radius 2 is 2.08 bits per heavy atom. The molecule has 126 valence electrons. The van der Waals surface area contributed by atoms with E-state index in [4.69, 9.17) is 5.26 Å². The zero-order valence-corrected chi connectivity index (χ0v) is 14.1. The van der Waals surface area contributed by atoms with Gasteiger partial charge in [-0.1, -0.05) is 19.3 Å². The number of carbonyl (C=O) groups excluding carboxylic acids is 1. The first kappa shape index (κ1) is 17.8. The maximum absolute atomic E-state index is 12.3. The van der Waals surface area contributed by atoms with Gasteiger partial charge in [-0.3, -0.25) is 4.79 Å². The molecule has 1 aromatic heterocycles. The van der Waals surface area contributed by atoms with Gasteiger partial charge in [0, 0.05) is 19.3 Å². The van der Waals surface area contributed by atoms with E-state index in [2.05, 4.69) is 11.4 Å². The predicted octanol–water partition coefficient (Wildman–Crippen LogP) is 1.92. The molecule has 1 heterocycles. The van der Waals surface area contributed by atoms with Crippen molar-refractivity contribution in [1.82, 2.24) is 9.88 Å². The number of nitriles is 2. The molecule has 0 saturated heterocycles. The number of nitrogens with zero attached hydrogens (tertiary/aromatic N) is 3. The second-order valence-corrected chi connectivity index (χ2v) is 6.38. The fourth-order valence-corrected chi connectivity index (χ4v) is 3.01. The summed E-state index contributed by atoms with van der Waals surface area (Å²) in [6.45, 7) is 1.98. The lowest BCUT2D eigenvalue weighted by Crippen LogP contribution is -2.44. The second kappa shape index (κ2) is 7.33. The molecule has 6 heteroatoms. The van der Waals surface area contributed by atoms with Gasteiger partial charge in [0.05, 0.1) is 5.60 Å². The van der Waals surface area contributed by atoms with E-state index in [1.54, 1.807) is 17.7 Å². The van der Waals surface area contributed by atoms with Crippen molar-refractivity contribution in [2.45, 2.75) is 44.6 Å². The molecule has 1 aromatic rings. The highest BCUT2D eigenvalue weighted by molar-refractivity contribution is 6.01. The third kappa shape index (κ3) is 3.84. The standard InChI is InChI=1S/C18H22N4O2/c1-13-14(9-16(11-20)22(13)2)8-15(10-19)17(23)21-12-18(24)6-4-3-5-7-18/h8-9,24H,3-7,12H2,1-2H3,(H,21,23). The van der Waals surface area contributed by atoms with Crippen molar-refractivity contribution >= 4 is 12.0 Å². The third-order valence-corrected chi connectivity index (χ3v) is 4.72. The molecule has 0 aromatic carbocycles. The summed E-state index contributed by atoms with van der Waals surface area (Å²) in [5.74, 6) is -0.502. The van der Waals surface area contributed by atoms with Gasteiger partial charge >= 0.3 is 0 Å². The van der Waals surface area contributed by atoms with Gasteiger partial charge in [-0.05, 0) is 37.5 Å². The number of carbonyl (C=O) groups is 1. The zero-order chi connectivity index (χ0) is 17.7. The van der Waals surface area contributed by atoms with Crippen LogP contribution < -0.4 is 5.32 Å². The first-order chi connectivity index (χ1) is 11.4. The summed E-state index contributed by atoms with van der Waals surface area (Å²) in [6.07, 6.45) is 5.83. The number of nitrogens with one attached hydrogen (secondary N) is 1. The Balaban J connectivity index is 2.12. The molecule has 1 aliphatic carbocycles. The van der Waals surface area contributed by atoms with Gasteiger partial charge in [0.25, 0.3) is 5.91 Å². The van der Waals surface area contributed by atoms with Gasteiger partial charge in [-0.25, -0.2) is 0 Å². The molecule has 0 bridgehead atoms. The van der Waals surface area contributed by atoms with E-state index in [0.717, 1.165) is 25.0 Å². The van der Waals surface area contributed by atoms with Gasteiger partial charge in [0.2, 0.25) is 0 Å². The van der Waals surface area contributed by atoms with Crippen LogP contribution in [0.1, 0.15) is 49.1 Å². The molecule has 0 atom stereocenters. The van der Waals surface area contributed by atoms with E-state index < -0.39 is 11.5 Å². The highest BCUT2D eigenvalue weighted by Crippen LogP contribution is 2.27. The van der Waals surface area contributed by atoms with E-state index in [9.17, 15) is 15.2 Å². The number of rotatable bonds is 4. The van der Waals surface area contributed by atoms with Crippen LogP contribution >= 0.6 is 0 Å². The summed E-state index contributed by atoms with van der Waals surface area (Å²) in [5.41, 5.74) is 1.03. The van der Waals surface area contributed by atoms with E-state index in [1.165, 1.54) is 6.08 Å². The highest BCUT2D eigenvalue weighted by atomic mass is 16.3. The number of aromatic nitrogens is 1. The van der Waals surface area contributed by atoms with Crippen molar-refractivity contribution in [2.24, 2.45) is 7.05 Å². The third-order valence-electron chi connectivity index (χ3n) is 4.72. The molecule has 1 amide bonds. The Bertz CT molecular complexity index is 740. The Morgan fingerprint density at radius 3 is 2.62 bits per heavy atom. The maximum atomic E-state index is 12.3. The Morgan fingerprint density at radius 1 is 1.42 bits per heavy atom. The summed E-state index contributed by atoms with van der Waals surface area (Å²) in [4.78, 5) is 12.3. The minimum atomic E-state index is -0.870. The van der Waals surface area contributed by atoms with E-state index in [0.29, 0.717) is 24.1 Å². The average Bonchev–Trinajstić information content (AvgIpc) is 2.86.